The van der Waals surface area contributed by atoms with E-state index in [2.05, 4.69) is 5.32 Å². The van der Waals surface area contributed by atoms with Crippen molar-refractivity contribution >= 4 is 12.0 Å². The first kappa shape index (κ1) is 21.5. The molecule has 1 heterocycles. The Bertz CT molecular complexity index is 848. The number of likely N-dealkylation sites (tertiary alicyclic amines) is 1. The highest BCUT2D eigenvalue weighted by molar-refractivity contribution is 5.76. The number of rotatable bonds is 7. The van der Waals surface area contributed by atoms with E-state index in [1.54, 1.807) is 31.3 Å². The molecule has 2 amide bonds. The fourth-order valence-electron chi connectivity index (χ4n) is 3.45. The zero-order valence-electron chi connectivity index (χ0n) is 17.4. The van der Waals surface area contributed by atoms with Crippen molar-refractivity contribution in [3.8, 4) is 17.2 Å². The summed E-state index contributed by atoms with van der Waals surface area (Å²) in [6.07, 6.45) is 2.09. The third kappa shape index (κ3) is 5.89. The topological polar surface area (TPSA) is 77.1 Å². The lowest BCUT2D eigenvalue weighted by atomic mass is 10.0. The maximum absolute atomic E-state index is 12.3. The first-order chi connectivity index (χ1) is 14.6. The molecule has 0 saturated carbocycles. The van der Waals surface area contributed by atoms with E-state index >= 15 is 0 Å². The van der Waals surface area contributed by atoms with Gasteiger partial charge in [-0.3, -0.25) is 4.79 Å². The smallest absolute Gasteiger partial charge is 0.415 e. The molecule has 7 heteroatoms. The summed E-state index contributed by atoms with van der Waals surface area (Å²) >= 11 is 0. The van der Waals surface area contributed by atoms with Gasteiger partial charge in [-0.05, 0) is 49.1 Å². The summed E-state index contributed by atoms with van der Waals surface area (Å²) in [6, 6.07) is 14.8. The van der Waals surface area contributed by atoms with E-state index in [4.69, 9.17) is 14.2 Å². The van der Waals surface area contributed by atoms with Gasteiger partial charge in [-0.15, -0.1) is 0 Å². The molecule has 0 atom stereocenters. The summed E-state index contributed by atoms with van der Waals surface area (Å²) in [7, 11) is 3.19. The number of aryl methyl sites for hydroxylation is 1. The summed E-state index contributed by atoms with van der Waals surface area (Å²) in [6.45, 7) is 1.12. The number of piperidine rings is 1. The standard InChI is InChI=1S/C23H28N2O5/c1-28-20-10-8-17(16-21(20)29-2)9-11-22(26)24-18-12-14-25(15-13-18)23(27)30-19-6-4-3-5-7-19/h3-8,10,16,18H,9,11-15H2,1-2H3,(H,24,26). The van der Waals surface area contributed by atoms with E-state index in [9.17, 15) is 9.59 Å². The van der Waals surface area contributed by atoms with E-state index in [0.29, 0.717) is 56.0 Å². The summed E-state index contributed by atoms with van der Waals surface area (Å²) < 4.78 is 15.9. The number of carbonyl (C=O) groups is 2. The van der Waals surface area contributed by atoms with Crippen LogP contribution < -0.4 is 19.5 Å². The number of amides is 2. The second-order valence-corrected chi connectivity index (χ2v) is 7.20. The lowest BCUT2D eigenvalue weighted by Crippen LogP contribution is -2.47. The van der Waals surface area contributed by atoms with E-state index < -0.39 is 0 Å². The van der Waals surface area contributed by atoms with E-state index in [0.717, 1.165) is 5.56 Å². The Kier molecular flexibility index (Phi) is 7.54. The fourth-order valence-corrected chi connectivity index (χ4v) is 3.45. The average molecular weight is 412 g/mol. The van der Waals surface area contributed by atoms with Crippen LogP contribution in [-0.4, -0.2) is 50.3 Å². The zero-order valence-corrected chi connectivity index (χ0v) is 17.4. The maximum Gasteiger partial charge on any atom is 0.415 e. The van der Waals surface area contributed by atoms with Crippen LogP contribution >= 0.6 is 0 Å². The highest BCUT2D eigenvalue weighted by Crippen LogP contribution is 2.28. The van der Waals surface area contributed by atoms with Gasteiger partial charge in [-0.2, -0.15) is 0 Å². The van der Waals surface area contributed by atoms with Gasteiger partial charge in [0.25, 0.3) is 0 Å². The molecule has 3 rings (SSSR count). The summed E-state index contributed by atoms with van der Waals surface area (Å²) in [5.74, 6) is 1.87. The number of para-hydroxylation sites is 1. The minimum absolute atomic E-state index is 0.00935. The van der Waals surface area contributed by atoms with Crippen LogP contribution in [0.3, 0.4) is 0 Å². The molecule has 7 nitrogen and oxygen atoms in total. The van der Waals surface area contributed by atoms with Gasteiger partial charge in [0.2, 0.25) is 5.91 Å². The van der Waals surface area contributed by atoms with Crippen LogP contribution in [0.25, 0.3) is 0 Å². The Labute approximate surface area is 176 Å². The van der Waals surface area contributed by atoms with Crippen molar-refractivity contribution in [2.45, 2.75) is 31.7 Å². The zero-order chi connectivity index (χ0) is 21.3. The minimum atomic E-state index is -0.348. The molecule has 0 unspecified atom stereocenters. The van der Waals surface area contributed by atoms with Gasteiger partial charge in [-0.25, -0.2) is 4.79 Å². The Hall–Kier alpha value is -3.22. The molecule has 0 bridgehead atoms. The number of ether oxygens (including phenoxy) is 3. The number of nitrogens with one attached hydrogen (secondary N) is 1. The lowest BCUT2D eigenvalue weighted by Gasteiger charge is -2.31. The number of nitrogens with zero attached hydrogens (tertiary/aromatic N) is 1. The van der Waals surface area contributed by atoms with Gasteiger partial charge >= 0.3 is 6.09 Å². The van der Waals surface area contributed by atoms with Crippen LogP contribution in [0.2, 0.25) is 0 Å². The molecule has 0 spiro atoms. The van der Waals surface area contributed by atoms with E-state index in [1.165, 1.54) is 0 Å². The summed E-state index contributed by atoms with van der Waals surface area (Å²) in [5.41, 5.74) is 1.02. The van der Waals surface area contributed by atoms with Gasteiger partial charge in [0, 0.05) is 25.6 Å². The minimum Gasteiger partial charge on any atom is -0.493 e. The van der Waals surface area contributed by atoms with Crippen LogP contribution in [0.1, 0.15) is 24.8 Å². The number of carbonyl (C=O) groups excluding carboxylic acids is 2. The predicted octanol–water partition coefficient (Wildman–Crippen LogP) is 3.42. The van der Waals surface area contributed by atoms with Crippen LogP contribution in [0, 0.1) is 0 Å². The van der Waals surface area contributed by atoms with Crippen LogP contribution in [0.5, 0.6) is 17.2 Å². The molecule has 1 aliphatic heterocycles. The molecule has 30 heavy (non-hydrogen) atoms. The lowest BCUT2D eigenvalue weighted by molar-refractivity contribution is -0.122. The summed E-state index contributed by atoms with van der Waals surface area (Å²) in [4.78, 5) is 26.3. The van der Waals surface area contributed by atoms with Crippen molar-refractivity contribution < 1.29 is 23.8 Å². The highest BCUT2D eigenvalue weighted by Gasteiger charge is 2.25. The molecule has 2 aromatic rings. The SMILES string of the molecule is COc1ccc(CCC(=O)NC2CCN(C(=O)Oc3ccccc3)CC2)cc1OC. The molecule has 0 aromatic heterocycles. The first-order valence-electron chi connectivity index (χ1n) is 10.1. The Balaban J connectivity index is 1.40. The summed E-state index contributed by atoms with van der Waals surface area (Å²) in [5, 5.41) is 3.08. The van der Waals surface area contributed by atoms with Crippen molar-refractivity contribution in [2.24, 2.45) is 0 Å². The Morgan fingerprint density at radius 1 is 1.00 bits per heavy atom. The number of benzene rings is 2. The van der Waals surface area contributed by atoms with Gasteiger partial charge in [-0.1, -0.05) is 24.3 Å². The molecule has 0 aliphatic carbocycles. The van der Waals surface area contributed by atoms with Crippen molar-refractivity contribution in [3.63, 3.8) is 0 Å². The molecule has 2 aromatic carbocycles. The molecule has 1 aliphatic rings. The monoisotopic (exact) mass is 412 g/mol. The quantitative estimate of drug-likeness (QED) is 0.754. The second-order valence-electron chi connectivity index (χ2n) is 7.20. The Morgan fingerprint density at radius 3 is 2.37 bits per heavy atom. The highest BCUT2D eigenvalue weighted by atomic mass is 16.6. The van der Waals surface area contributed by atoms with Crippen molar-refractivity contribution in [2.75, 3.05) is 27.3 Å². The third-order valence-electron chi connectivity index (χ3n) is 5.16. The molecule has 1 fully saturated rings. The molecular formula is C23H28N2O5. The molecule has 1 N–H and O–H groups in total. The van der Waals surface area contributed by atoms with Crippen molar-refractivity contribution in [3.05, 3.63) is 54.1 Å². The van der Waals surface area contributed by atoms with E-state index in [-0.39, 0.29) is 18.0 Å². The molecule has 1 saturated heterocycles. The molecule has 0 radical (unpaired) electrons. The van der Waals surface area contributed by atoms with Gasteiger partial charge in [0.1, 0.15) is 5.75 Å². The third-order valence-corrected chi connectivity index (χ3v) is 5.16. The molecule has 160 valence electrons. The normalized spacial score (nSPS) is 14.1. The largest absolute Gasteiger partial charge is 0.493 e. The van der Waals surface area contributed by atoms with Crippen molar-refractivity contribution in [1.82, 2.24) is 10.2 Å². The van der Waals surface area contributed by atoms with Crippen molar-refractivity contribution in [1.29, 1.82) is 0 Å². The van der Waals surface area contributed by atoms with Crippen LogP contribution in [0.4, 0.5) is 4.79 Å². The first-order valence-corrected chi connectivity index (χ1v) is 10.1. The maximum atomic E-state index is 12.3. The number of hydrogen-bond acceptors (Lipinski definition) is 5. The predicted molar refractivity (Wildman–Crippen MR) is 113 cm³/mol. The van der Waals surface area contributed by atoms with E-state index in [1.807, 2.05) is 36.4 Å². The number of hydrogen-bond donors (Lipinski definition) is 1. The van der Waals surface area contributed by atoms with Gasteiger partial charge in [0.15, 0.2) is 11.5 Å². The van der Waals surface area contributed by atoms with Crippen LogP contribution in [0.15, 0.2) is 48.5 Å². The molecular weight excluding hydrogens is 384 g/mol. The van der Waals surface area contributed by atoms with Gasteiger partial charge < -0.3 is 24.4 Å². The van der Waals surface area contributed by atoms with Gasteiger partial charge in [0.05, 0.1) is 14.2 Å². The fraction of sp³-hybridized carbons (Fsp3) is 0.391. The average Bonchev–Trinajstić information content (AvgIpc) is 2.78. The number of methoxy groups -OCH3 is 2. The Morgan fingerprint density at radius 2 is 1.70 bits per heavy atom. The van der Waals surface area contributed by atoms with Crippen LogP contribution in [-0.2, 0) is 11.2 Å². The second kappa shape index (κ2) is 10.5.